The minimum atomic E-state index is 0.178. The highest BCUT2D eigenvalue weighted by Crippen LogP contribution is 2.21. The highest BCUT2D eigenvalue weighted by molar-refractivity contribution is 5.78. The van der Waals surface area contributed by atoms with Gasteiger partial charge in [-0.1, -0.05) is 33.6 Å². The zero-order valence-electron chi connectivity index (χ0n) is 10.9. The summed E-state index contributed by atoms with van der Waals surface area (Å²) in [6.07, 6.45) is 4.12. The molecule has 0 aliphatic carbocycles. The van der Waals surface area contributed by atoms with Gasteiger partial charge < -0.3 is 10.6 Å². The number of carbonyl (C=O) groups excluding carboxylic acids is 1. The minimum Gasteiger partial charge on any atom is -0.342 e. The Morgan fingerprint density at radius 1 is 1.50 bits per heavy atom. The predicted molar refractivity (Wildman–Crippen MR) is 67.0 cm³/mol. The van der Waals surface area contributed by atoms with Crippen LogP contribution in [-0.2, 0) is 4.79 Å². The number of hydrogen-bond donors (Lipinski definition) is 1. The Balaban J connectivity index is 2.51. The van der Waals surface area contributed by atoms with Gasteiger partial charge >= 0.3 is 0 Å². The van der Waals surface area contributed by atoms with Crippen molar-refractivity contribution < 1.29 is 4.79 Å². The van der Waals surface area contributed by atoms with Crippen LogP contribution < -0.4 is 5.73 Å². The van der Waals surface area contributed by atoms with Crippen LogP contribution in [0.4, 0.5) is 0 Å². The maximum absolute atomic E-state index is 12.1. The molecule has 16 heavy (non-hydrogen) atoms. The third-order valence-electron chi connectivity index (χ3n) is 3.77. The maximum atomic E-state index is 12.1. The van der Waals surface area contributed by atoms with Crippen molar-refractivity contribution in [2.75, 3.05) is 13.1 Å². The number of nitrogens with zero attached hydrogens (tertiary/aromatic N) is 1. The third kappa shape index (κ3) is 3.21. The Bertz CT molecular complexity index is 230. The number of rotatable bonds is 4. The molecule has 3 atom stereocenters. The van der Waals surface area contributed by atoms with Gasteiger partial charge in [0.15, 0.2) is 0 Å². The van der Waals surface area contributed by atoms with E-state index in [1.165, 1.54) is 0 Å². The van der Waals surface area contributed by atoms with Gasteiger partial charge in [-0.2, -0.15) is 0 Å². The lowest BCUT2D eigenvalue weighted by Crippen LogP contribution is -2.50. The zero-order valence-corrected chi connectivity index (χ0v) is 10.9. The molecule has 1 fully saturated rings. The third-order valence-corrected chi connectivity index (χ3v) is 3.77. The lowest BCUT2D eigenvalue weighted by atomic mass is 9.90. The largest absolute Gasteiger partial charge is 0.342 e. The van der Waals surface area contributed by atoms with Crippen LogP contribution in [0, 0.1) is 11.8 Å². The fourth-order valence-corrected chi connectivity index (χ4v) is 2.55. The molecule has 0 aromatic rings. The van der Waals surface area contributed by atoms with E-state index in [1.807, 2.05) is 11.8 Å². The summed E-state index contributed by atoms with van der Waals surface area (Å²) in [5.41, 5.74) is 6.05. The van der Waals surface area contributed by atoms with E-state index in [2.05, 4.69) is 13.8 Å². The molecule has 3 heteroatoms. The van der Waals surface area contributed by atoms with Gasteiger partial charge in [-0.15, -0.1) is 0 Å². The van der Waals surface area contributed by atoms with E-state index in [1.54, 1.807) is 0 Å². The smallest absolute Gasteiger partial charge is 0.225 e. The van der Waals surface area contributed by atoms with Crippen molar-refractivity contribution in [1.82, 2.24) is 4.90 Å². The predicted octanol–water partition coefficient (Wildman–Crippen LogP) is 2.01. The molecule has 0 aromatic heterocycles. The molecule has 94 valence electrons. The van der Waals surface area contributed by atoms with Crippen molar-refractivity contribution in [3.8, 4) is 0 Å². The van der Waals surface area contributed by atoms with E-state index in [4.69, 9.17) is 5.73 Å². The highest BCUT2D eigenvalue weighted by atomic mass is 16.2. The fourth-order valence-electron chi connectivity index (χ4n) is 2.55. The SMILES string of the molecule is CCCC(C)C(=O)N1CCC(N)C(CC)C1. The quantitative estimate of drug-likeness (QED) is 0.797. The average Bonchev–Trinajstić information content (AvgIpc) is 2.29. The average molecular weight is 226 g/mol. The summed E-state index contributed by atoms with van der Waals surface area (Å²) in [6.45, 7) is 8.05. The first kappa shape index (κ1) is 13.5. The van der Waals surface area contributed by atoms with Crippen molar-refractivity contribution >= 4 is 5.91 Å². The summed E-state index contributed by atoms with van der Waals surface area (Å²) < 4.78 is 0. The molecule has 2 N–H and O–H groups in total. The van der Waals surface area contributed by atoms with Crippen LogP contribution in [0.3, 0.4) is 0 Å². The molecular formula is C13H26N2O. The maximum Gasteiger partial charge on any atom is 0.225 e. The van der Waals surface area contributed by atoms with Crippen LogP contribution in [0.2, 0.25) is 0 Å². The molecule has 1 aliphatic rings. The number of carbonyl (C=O) groups is 1. The first-order valence-electron chi connectivity index (χ1n) is 6.64. The molecule has 0 saturated carbocycles. The normalized spacial score (nSPS) is 27.9. The molecule has 3 unspecified atom stereocenters. The summed E-state index contributed by atoms with van der Waals surface area (Å²) in [4.78, 5) is 14.2. The molecule has 0 spiro atoms. The molecule has 1 rings (SSSR count). The van der Waals surface area contributed by atoms with Crippen LogP contribution in [0.1, 0.15) is 46.5 Å². The van der Waals surface area contributed by atoms with Crippen molar-refractivity contribution in [2.45, 2.75) is 52.5 Å². The first-order valence-corrected chi connectivity index (χ1v) is 6.64. The van der Waals surface area contributed by atoms with Gasteiger partial charge in [-0.25, -0.2) is 0 Å². The summed E-state index contributed by atoms with van der Waals surface area (Å²) in [5, 5.41) is 0. The summed E-state index contributed by atoms with van der Waals surface area (Å²) >= 11 is 0. The Labute approximate surface area is 99.4 Å². The number of amides is 1. The number of hydrogen-bond acceptors (Lipinski definition) is 2. The molecule has 1 saturated heterocycles. The number of piperidine rings is 1. The van der Waals surface area contributed by atoms with E-state index in [-0.39, 0.29) is 12.0 Å². The summed E-state index contributed by atoms with van der Waals surface area (Å²) in [6, 6.07) is 0.288. The Kier molecular flexibility index (Phi) is 5.26. The van der Waals surface area contributed by atoms with Gasteiger partial charge in [0, 0.05) is 25.0 Å². The van der Waals surface area contributed by atoms with Crippen molar-refractivity contribution in [3.63, 3.8) is 0 Å². The molecule has 0 bridgehead atoms. The van der Waals surface area contributed by atoms with Gasteiger partial charge in [0.05, 0.1) is 0 Å². The lowest BCUT2D eigenvalue weighted by molar-refractivity contribution is -0.137. The first-order chi connectivity index (χ1) is 7.60. The standard InChI is InChI=1S/C13H26N2O/c1-4-6-10(3)13(16)15-8-7-12(14)11(5-2)9-15/h10-12H,4-9,14H2,1-3H3. The van der Waals surface area contributed by atoms with E-state index < -0.39 is 0 Å². The molecule has 0 aromatic carbocycles. The monoisotopic (exact) mass is 226 g/mol. The van der Waals surface area contributed by atoms with Gasteiger partial charge in [-0.3, -0.25) is 4.79 Å². The molecule has 0 radical (unpaired) electrons. The highest BCUT2D eigenvalue weighted by Gasteiger charge is 2.29. The van der Waals surface area contributed by atoms with Crippen molar-refractivity contribution in [1.29, 1.82) is 0 Å². The molecule has 1 aliphatic heterocycles. The van der Waals surface area contributed by atoms with Gasteiger partial charge in [0.25, 0.3) is 0 Å². The van der Waals surface area contributed by atoms with Crippen LogP contribution in [0.25, 0.3) is 0 Å². The molecule has 1 amide bonds. The zero-order chi connectivity index (χ0) is 12.1. The molecular weight excluding hydrogens is 200 g/mol. The van der Waals surface area contributed by atoms with E-state index in [9.17, 15) is 4.79 Å². The van der Waals surface area contributed by atoms with Crippen LogP contribution in [0.15, 0.2) is 0 Å². The Morgan fingerprint density at radius 3 is 2.75 bits per heavy atom. The van der Waals surface area contributed by atoms with Gasteiger partial charge in [0.1, 0.15) is 0 Å². The second kappa shape index (κ2) is 6.24. The van der Waals surface area contributed by atoms with Crippen LogP contribution in [-0.4, -0.2) is 29.9 Å². The fraction of sp³-hybridized carbons (Fsp3) is 0.923. The summed E-state index contributed by atoms with van der Waals surface area (Å²) in [7, 11) is 0. The lowest BCUT2D eigenvalue weighted by Gasteiger charge is -2.37. The topological polar surface area (TPSA) is 46.3 Å². The Morgan fingerprint density at radius 2 is 2.19 bits per heavy atom. The van der Waals surface area contributed by atoms with Crippen LogP contribution in [0.5, 0.6) is 0 Å². The Hall–Kier alpha value is -0.570. The van der Waals surface area contributed by atoms with Crippen molar-refractivity contribution in [2.24, 2.45) is 17.6 Å². The molecule has 3 nitrogen and oxygen atoms in total. The number of nitrogens with two attached hydrogens (primary N) is 1. The van der Waals surface area contributed by atoms with E-state index in [0.29, 0.717) is 11.8 Å². The van der Waals surface area contributed by atoms with Gasteiger partial charge in [0.2, 0.25) is 5.91 Å². The summed E-state index contributed by atoms with van der Waals surface area (Å²) in [5.74, 6) is 0.996. The van der Waals surface area contributed by atoms with Gasteiger partial charge in [-0.05, 0) is 18.8 Å². The van der Waals surface area contributed by atoms with E-state index >= 15 is 0 Å². The van der Waals surface area contributed by atoms with Crippen LogP contribution >= 0.6 is 0 Å². The second-order valence-electron chi connectivity index (χ2n) is 5.09. The molecule has 1 heterocycles. The minimum absolute atomic E-state index is 0.178. The van der Waals surface area contributed by atoms with Crippen molar-refractivity contribution in [3.05, 3.63) is 0 Å². The van der Waals surface area contributed by atoms with E-state index in [0.717, 1.165) is 38.8 Å². The second-order valence-corrected chi connectivity index (χ2v) is 5.09. The number of likely N-dealkylation sites (tertiary alicyclic amines) is 1.